The van der Waals surface area contributed by atoms with Gasteiger partial charge in [-0.1, -0.05) is 36.4 Å². The van der Waals surface area contributed by atoms with Crippen molar-refractivity contribution in [3.05, 3.63) is 94.5 Å². The highest BCUT2D eigenvalue weighted by molar-refractivity contribution is 7.92. The molecule has 0 aliphatic rings. The Balaban J connectivity index is 1.89. The normalized spacial score (nSPS) is 11.2. The van der Waals surface area contributed by atoms with Gasteiger partial charge in [0.05, 0.1) is 21.7 Å². The minimum atomic E-state index is -4.22. The lowest BCUT2D eigenvalue weighted by atomic mass is 10.2. The quantitative estimate of drug-likeness (QED) is 0.304. The Bertz CT molecular complexity index is 1260. The van der Waals surface area contributed by atoms with E-state index in [2.05, 4.69) is 10.5 Å². The van der Waals surface area contributed by atoms with Gasteiger partial charge in [-0.15, -0.1) is 0 Å². The van der Waals surface area contributed by atoms with Crippen LogP contribution in [0.2, 0.25) is 0 Å². The van der Waals surface area contributed by atoms with Crippen molar-refractivity contribution in [3.63, 3.8) is 0 Å². The summed E-state index contributed by atoms with van der Waals surface area (Å²) in [5.74, 6) is -0.835. The van der Waals surface area contributed by atoms with Crippen molar-refractivity contribution in [1.82, 2.24) is 5.43 Å². The van der Waals surface area contributed by atoms with Crippen LogP contribution in [0.25, 0.3) is 0 Å². The summed E-state index contributed by atoms with van der Waals surface area (Å²) in [5, 5.41) is 24.6. The number of carbonyl (C=O) groups excluding carboxylic acids is 1. The number of nitrogens with one attached hydrogen (secondary N) is 1. The topological polar surface area (TPSA) is 142 Å². The van der Waals surface area contributed by atoms with Gasteiger partial charge in [-0.25, -0.2) is 13.8 Å². The van der Waals surface area contributed by atoms with Gasteiger partial charge < -0.3 is 5.11 Å². The van der Waals surface area contributed by atoms with Crippen LogP contribution in [0.4, 0.5) is 11.4 Å². The first-order valence-corrected chi connectivity index (χ1v) is 10.6. The second-order valence-corrected chi connectivity index (χ2v) is 8.32. The number of phenols is 1. The van der Waals surface area contributed by atoms with Crippen molar-refractivity contribution >= 4 is 33.5 Å². The first-order chi connectivity index (χ1) is 15.3. The van der Waals surface area contributed by atoms with Crippen LogP contribution in [0.15, 0.2) is 88.9 Å². The number of nitro benzene ring substituents is 1. The molecule has 0 fully saturated rings. The predicted octanol–water partition coefficient (Wildman–Crippen LogP) is 2.65. The van der Waals surface area contributed by atoms with Crippen molar-refractivity contribution < 1.29 is 23.2 Å². The Morgan fingerprint density at radius 2 is 1.75 bits per heavy atom. The molecule has 164 valence electrons. The third kappa shape index (κ3) is 5.26. The molecule has 0 unspecified atom stereocenters. The molecule has 0 aliphatic heterocycles. The van der Waals surface area contributed by atoms with Gasteiger partial charge in [-0.05, 0) is 30.3 Å². The maximum absolute atomic E-state index is 13.2. The van der Waals surface area contributed by atoms with Crippen LogP contribution in [0, 0.1) is 10.1 Å². The molecule has 3 aromatic rings. The standard InChI is InChI=1S/C21H18N4O6S/c26-20-12-5-4-7-16(20)14-22-23-21(27)15-24(17-8-6-9-18(13-17)25(28)29)32(30,31)19-10-2-1-3-11-19/h1-14,26H,15H2,(H,23,27)/b22-14-. The van der Waals surface area contributed by atoms with Crippen LogP contribution in [0.1, 0.15) is 5.56 Å². The fourth-order valence-corrected chi connectivity index (χ4v) is 4.17. The van der Waals surface area contributed by atoms with E-state index in [1.165, 1.54) is 54.7 Å². The third-order valence-corrected chi connectivity index (χ3v) is 6.06. The molecule has 0 saturated heterocycles. The number of aromatic hydroxyl groups is 1. The van der Waals surface area contributed by atoms with E-state index in [0.717, 1.165) is 10.4 Å². The van der Waals surface area contributed by atoms with Crippen LogP contribution in [0.5, 0.6) is 5.75 Å². The van der Waals surface area contributed by atoms with E-state index in [1.807, 2.05) is 0 Å². The first kappa shape index (κ1) is 22.4. The minimum Gasteiger partial charge on any atom is -0.507 e. The van der Waals surface area contributed by atoms with Crippen LogP contribution < -0.4 is 9.73 Å². The zero-order valence-corrected chi connectivity index (χ0v) is 17.3. The molecule has 0 heterocycles. The molecule has 0 bridgehead atoms. The monoisotopic (exact) mass is 454 g/mol. The number of non-ortho nitro benzene ring substituents is 1. The highest BCUT2D eigenvalue weighted by Crippen LogP contribution is 2.26. The minimum absolute atomic E-state index is 0.0459. The van der Waals surface area contributed by atoms with Crippen molar-refractivity contribution in [1.29, 1.82) is 0 Å². The Labute approximate surface area is 183 Å². The summed E-state index contributed by atoms with van der Waals surface area (Å²) in [4.78, 5) is 22.9. The molecule has 0 atom stereocenters. The molecule has 11 heteroatoms. The van der Waals surface area contributed by atoms with E-state index in [0.29, 0.717) is 5.56 Å². The van der Waals surface area contributed by atoms with Crippen molar-refractivity contribution in [3.8, 4) is 5.75 Å². The number of hydrazone groups is 1. The van der Waals surface area contributed by atoms with Crippen LogP contribution >= 0.6 is 0 Å². The first-order valence-electron chi connectivity index (χ1n) is 9.21. The van der Waals surface area contributed by atoms with Crippen LogP contribution in [-0.2, 0) is 14.8 Å². The molecule has 2 N–H and O–H groups in total. The zero-order valence-electron chi connectivity index (χ0n) is 16.5. The number of nitrogens with zero attached hydrogens (tertiary/aromatic N) is 3. The van der Waals surface area contributed by atoms with Gasteiger partial charge in [0, 0.05) is 17.7 Å². The molecule has 0 aromatic heterocycles. The maximum atomic E-state index is 13.2. The molecule has 0 radical (unpaired) electrons. The highest BCUT2D eigenvalue weighted by atomic mass is 32.2. The van der Waals surface area contributed by atoms with E-state index in [-0.39, 0.29) is 22.0 Å². The summed E-state index contributed by atoms with van der Waals surface area (Å²) < 4.78 is 27.2. The lowest BCUT2D eigenvalue weighted by Gasteiger charge is -2.23. The van der Waals surface area contributed by atoms with Crippen molar-refractivity contribution in [2.24, 2.45) is 5.10 Å². The van der Waals surface area contributed by atoms with E-state index in [1.54, 1.807) is 24.3 Å². The number of hydrogen-bond donors (Lipinski definition) is 2. The summed E-state index contributed by atoms with van der Waals surface area (Å²) in [5.41, 5.74) is 2.17. The Kier molecular flexibility index (Phi) is 6.80. The lowest BCUT2D eigenvalue weighted by molar-refractivity contribution is -0.384. The van der Waals surface area contributed by atoms with Crippen LogP contribution in [0.3, 0.4) is 0 Å². The molecule has 32 heavy (non-hydrogen) atoms. The smallest absolute Gasteiger partial charge is 0.271 e. The van der Waals surface area contributed by atoms with Gasteiger partial charge in [0.1, 0.15) is 12.3 Å². The van der Waals surface area contributed by atoms with E-state index in [9.17, 15) is 28.4 Å². The molecule has 3 rings (SSSR count). The van der Waals surface area contributed by atoms with Crippen LogP contribution in [-0.4, -0.2) is 37.1 Å². The predicted molar refractivity (Wildman–Crippen MR) is 118 cm³/mol. The highest BCUT2D eigenvalue weighted by Gasteiger charge is 2.28. The second kappa shape index (κ2) is 9.71. The Hall–Kier alpha value is -4.25. The SMILES string of the molecule is O=C(CN(c1cccc([N+](=O)[O-])c1)S(=O)(=O)c1ccccc1)N/N=C\c1ccccc1O. The molecule has 10 nitrogen and oxygen atoms in total. The largest absolute Gasteiger partial charge is 0.507 e. The third-order valence-electron chi connectivity index (χ3n) is 4.28. The summed E-state index contributed by atoms with van der Waals surface area (Å²) in [6.45, 7) is -0.684. The van der Waals surface area contributed by atoms with E-state index < -0.39 is 27.4 Å². The molecular weight excluding hydrogens is 436 g/mol. The molecule has 0 saturated carbocycles. The maximum Gasteiger partial charge on any atom is 0.271 e. The van der Waals surface area contributed by atoms with Crippen molar-refractivity contribution in [2.45, 2.75) is 4.90 Å². The number of hydrogen-bond acceptors (Lipinski definition) is 7. The molecule has 0 aliphatic carbocycles. The molecule has 3 aromatic carbocycles. The van der Waals surface area contributed by atoms with Gasteiger partial charge in [-0.2, -0.15) is 5.10 Å². The average Bonchev–Trinajstić information content (AvgIpc) is 2.79. The Morgan fingerprint density at radius 1 is 1.06 bits per heavy atom. The number of amides is 1. The summed E-state index contributed by atoms with van der Waals surface area (Å²) in [6.07, 6.45) is 1.20. The lowest BCUT2D eigenvalue weighted by Crippen LogP contribution is -2.39. The number of carbonyl (C=O) groups is 1. The van der Waals surface area contributed by atoms with Gasteiger partial charge in [-0.3, -0.25) is 19.2 Å². The number of rotatable bonds is 8. The Morgan fingerprint density at radius 3 is 2.44 bits per heavy atom. The number of nitro groups is 1. The number of anilines is 1. The second-order valence-electron chi connectivity index (χ2n) is 6.45. The summed E-state index contributed by atoms with van der Waals surface area (Å²) in [7, 11) is -4.22. The van der Waals surface area contributed by atoms with E-state index in [4.69, 9.17) is 0 Å². The number of para-hydroxylation sites is 1. The van der Waals surface area contributed by atoms with Crippen molar-refractivity contribution in [2.75, 3.05) is 10.8 Å². The summed E-state index contributed by atoms with van der Waals surface area (Å²) >= 11 is 0. The molecule has 1 amide bonds. The number of benzene rings is 3. The number of sulfonamides is 1. The summed E-state index contributed by atoms with van der Waals surface area (Å²) in [6, 6.07) is 18.7. The molecule has 0 spiro atoms. The fourth-order valence-electron chi connectivity index (χ4n) is 2.73. The average molecular weight is 454 g/mol. The van der Waals surface area contributed by atoms with Gasteiger partial charge >= 0.3 is 0 Å². The number of phenolic OH excluding ortho intramolecular Hbond substituents is 1. The van der Waals surface area contributed by atoms with Gasteiger partial charge in [0.2, 0.25) is 0 Å². The fraction of sp³-hybridized carbons (Fsp3) is 0.0476. The zero-order chi connectivity index (χ0) is 23.1. The molecular formula is C21H18N4O6S. The van der Waals surface area contributed by atoms with Gasteiger partial charge in [0.15, 0.2) is 0 Å². The van der Waals surface area contributed by atoms with E-state index >= 15 is 0 Å². The van der Waals surface area contributed by atoms with Gasteiger partial charge in [0.25, 0.3) is 21.6 Å².